The first-order valence-corrected chi connectivity index (χ1v) is 6.75. The SMILES string of the molecule is CCC1OCCC1CNc1nnc(Br)s1. The number of aromatic nitrogens is 2. The highest BCUT2D eigenvalue weighted by Crippen LogP contribution is 2.25. The lowest BCUT2D eigenvalue weighted by Gasteiger charge is -2.16. The van der Waals surface area contributed by atoms with Crippen LogP contribution in [0.25, 0.3) is 0 Å². The molecule has 2 unspecified atom stereocenters. The van der Waals surface area contributed by atoms with Gasteiger partial charge in [-0.05, 0) is 28.8 Å². The number of halogens is 1. The Bertz CT molecular complexity index is 320. The van der Waals surface area contributed by atoms with Crippen molar-refractivity contribution in [2.75, 3.05) is 18.5 Å². The van der Waals surface area contributed by atoms with Crippen molar-refractivity contribution in [1.82, 2.24) is 10.2 Å². The van der Waals surface area contributed by atoms with Crippen LogP contribution in [-0.2, 0) is 4.74 Å². The highest BCUT2D eigenvalue weighted by molar-refractivity contribution is 9.11. The summed E-state index contributed by atoms with van der Waals surface area (Å²) in [6, 6.07) is 0. The molecule has 1 fully saturated rings. The second kappa shape index (κ2) is 5.23. The fourth-order valence-electron chi connectivity index (χ4n) is 1.87. The Morgan fingerprint density at radius 3 is 3.13 bits per heavy atom. The molecule has 0 radical (unpaired) electrons. The Labute approximate surface area is 102 Å². The number of hydrogen-bond donors (Lipinski definition) is 1. The van der Waals surface area contributed by atoms with Gasteiger partial charge in [0.2, 0.25) is 5.13 Å². The molecule has 0 spiro atoms. The second-order valence-corrected chi connectivity index (χ2v) is 5.86. The molecule has 0 saturated carbocycles. The van der Waals surface area contributed by atoms with E-state index in [9.17, 15) is 0 Å². The number of nitrogens with zero attached hydrogens (tertiary/aromatic N) is 2. The number of hydrogen-bond acceptors (Lipinski definition) is 5. The van der Waals surface area contributed by atoms with Gasteiger partial charge in [0.25, 0.3) is 0 Å². The summed E-state index contributed by atoms with van der Waals surface area (Å²) in [7, 11) is 0. The maximum Gasteiger partial charge on any atom is 0.206 e. The second-order valence-electron chi connectivity index (χ2n) is 3.61. The fourth-order valence-corrected chi connectivity index (χ4v) is 2.89. The summed E-state index contributed by atoms with van der Waals surface area (Å²) in [6.07, 6.45) is 2.64. The van der Waals surface area contributed by atoms with Gasteiger partial charge in [-0.25, -0.2) is 0 Å². The minimum atomic E-state index is 0.411. The van der Waals surface area contributed by atoms with E-state index in [1.54, 1.807) is 0 Å². The number of nitrogens with one attached hydrogen (secondary N) is 1. The lowest BCUT2D eigenvalue weighted by Crippen LogP contribution is -2.22. The summed E-state index contributed by atoms with van der Waals surface area (Å²) in [5.74, 6) is 0.609. The van der Waals surface area contributed by atoms with Crippen LogP contribution in [0.2, 0.25) is 0 Å². The van der Waals surface area contributed by atoms with Gasteiger partial charge < -0.3 is 10.1 Å². The van der Waals surface area contributed by atoms with Crippen LogP contribution in [-0.4, -0.2) is 29.5 Å². The lowest BCUT2D eigenvalue weighted by molar-refractivity contribution is 0.0900. The first kappa shape index (κ1) is 11.3. The predicted molar refractivity (Wildman–Crippen MR) is 64.2 cm³/mol. The molecule has 0 aliphatic carbocycles. The molecule has 2 atom stereocenters. The summed E-state index contributed by atoms with van der Waals surface area (Å²) in [6.45, 7) is 4.00. The highest BCUT2D eigenvalue weighted by atomic mass is 79.9. The van der Waals surface area contributed by atoms with E-state index in [1.165, 1.54) is 11.3 Å². The molecule has 0 bridgehead atoms. The van der Waals surface area contributed by atoms with Crippen molar-refractivity contribution in [3.63, 3.8) is 0 Å². The molecule has 1 aromatic heterocycles. The molecule has 1 saturated heterocycles. The molecule has 0 aromatic carbocycles. The van der Waals surface area contributed by atoms with Gasteiger partial charge in [-0.2, -0.15) is 0 Å². The molecule has 1 aromatic rings. The van der Waals surface area contributed by atoms with Crippen molar-refractivity contribution in [3.05, 3.63) is 3.92 Å². The van der Waals surface area contributed by atoms with Crippen molar-refractivity contribution in [1.29, 1.82) is 0 Å². The van der Waals surface area contributed by atoms with E-state index in [4.69, 9.17) is 4.74 Å². The monoisotopic (exact) mass is 291 g/mol. The topological polar surface area (TPSA) is 47.0 Å². The third kappa shape index (κ3) is 2.89. The van der Waals surface area contributed by atoms with Crippen LogP contribution in [0.5, 0.6) is 0 Å². The molecule has 1 N–H and O–H groups in total. The zero-order chi connectivity index (χ0) is 10.7. The van der Waals surface area contributed by atoms with E-state index in [2.05, 4.69) is 38.4 Å². The normalized spacial score (nSPS) is 25.7. The van der Waals surface area contributed by atoms with E-state index in [0.717, 1.165) is 35.0 Å². The largest absolute Gasteiger partial charge is 0.378 e. The summed E-state index contributed by atoms with van der Waals surface area (Å²) in [5, 5.41) is 12.1. The Hall–Kier alpha value is -0.200. The van der Waals surface area contributed by atoms with Gasteiger partial charge in [0, 0.05) is 19.1 Å². The molecule has 1 aliphatic heterocycles. The zero-order valence-corrected chi connectivity index (χ0v) is 11.0. The van der Waals surface area contributed by atoms with Gasteiger partial charge in [0.1, 0.15) is 0 Å². The molecular weight excluding hydrogens is 278 g/mol. The quantitative estimate of drug-likeness (QED) is 0.926. The van der Waals surface area contributed by atoms with Crippen molar-refractivity contribution in [2.24, 2.45) is 5.92 Å². The van der Waals surface area contributed by atoms with Crippen molar-refractivity contribution < 1.29 is 4.74 Å². The first-order valence-electron chi connectivity index (χ1n) is 5.14. The van der Waals surface area contributed by atoms with E-state index in [1.807, 2.05) is 0 Å². The third-order valence-corrected chi connectivity index (χ3v) is 3.98. The number of ether oxygens (including phenoxy) is 1. The van der Waals surface area contributed by atoms with Gasteiger partial charge in [-0.15, -0.1) is 10.2 Å². The van der Waals surface area contributed by atoms with Crippen LogP contribution < -0.4 is 5.32 Å². The average molecular weight is 292 g/mol. The average Bonchev–Trinajstić information content (AvgIpc) is 2.83. The van der Waals surface area contributed by atoms with Crippen LogP contribution >= 0.6 is 27.3 Å². The van der Waals surface area contributed by atoms with Gasteiger partial charge >= 0.3 is 0 Å². The van der Waals surface area contributed by atoms with Gasteiger partial charge in [-0.3, -0.25) is 0 Å². The molecular formula is C9H14BrN3OS. The molecule has 2 rings (SSSR count). The summed E-state index contributed by atoms with van der Waals surface area (Å²) >= 11 is 4.81. The molecule has 1 aliphatic rings. The number of rotatable bonds is 4. The highest BCUT2D eigenvalue weighted by Gasteiger charge is 2.26. The van der Waals surface area contributed by atoms with Crippen LogP contribution in [0.3, 0.4) is 0 Å². The van der Waals surface area contributed by atoms with Gasteiger partial charge in [0.15, 0.2) is 3.92 Å². The number of anilines is 1. The minimum absolute atomic E-state index is 0.411. The minimum Gasteiger partial charge on any atom is -0.378 e. The fraction of sp³-hybridized carbons (Fsp3) is 0.778. The maximum absolute atomic E-state index is 5.63. The van der Waals surface area contributed by atoms with E-state index in [-0.39, 0.29) is 0 Å². The van der Waals surface area contributed by atoms with Crippen molar-refractivity contribution in [3.8, 4) is 0 Å². The molecule has 15 heavy (non-hydrogen) atoms. The van der Waals surface area contributed by atoms with Gasteiger partial charge in [-0.1, -0.05) is 18.3 Å². The molecule has 4 nitrogen and oxygen atoms in total. The van der Waals surface area contributed by atoms with E-state index >= 15 is 0 Å². The Balaban J connectivity index is 1.82. The molecule has 0 amide bonds. The molecule has 84 valence electrons. The Morgan fingerprint density at radius 2 is 2.47 bits per heavy atom. The smallest absolute Gasteiger partial charge is 0.206 e. The maximum atomic E-state index is 5.63. The van der Waals surface area contributed by atoms with Gasteiger partial charge in [0.05, 0.1) is 6.10 Å². The molecule has 2 heterocycles. The predicted octanol–water partition coefficient (Wildman–Crippen LogP) is 2.53. The standard InChI is InChI=1S/C9H14BrN3OS/c1-2-7-6(3-4-14-7)5-11-9-13-12-8(10)15-9/h6-7H,2-5H2,1H3,(H,11,13). The molecule has 6 heteroatoms. The van der Waals surface area contributed by atoms with Crippen LogP contribution in [0.1, 0.15) is 19.8 Å². The van der Waals surface area contributed by atoms with E-state index < -0.39 is 0 Å². The zero-order valence-electron chi connectivity index (χ0n) is 8.57. The first-order chi connectivity index (χ1) is 7.29. The third-order valence-electron chi connectivity index (χ3n) is 2.66. The van der Waals surface area contributed by atoms with Crippen LogP contribution in [0, 0.1) is 5.92 Å². The Kier molecular flexibility index (Phi) is 3.93. The van der Waals surface area contributed by atoms with Crippen molar-refractivity contribution >= 4 is 32.4 Å². The van der Waals surface area contributed by atoms with Crippen molar-refractivity contribution in [2.45, 2.75) is 25.9 Å². The van der Waals surface area contributed by atoms with Crippen LogP contribution in [0.15, 0.2) is 3.92 Å². The lowest BCUT2D eigenvalue weighted by atomic mass is 10.00. The van der Waals surface area contributed by atoms with Crippen LogP contribution in [0.4, 0.5) is 5.13 Å². The summed E-state index contributed by atoms with van der Waals surface area (Å²) in [5.41, 5.74) is 0. The summed E-state index contributed by atoms with van der Waals surface area (Å²) in [4.78, 5) is 0. The summed E-state index contributed by atoms with van der Waals surface area (Å²) < 4.78 is 6.45. The van der Waals surface area contributed by atoms with E-state index in [0.29, 0.717) is 12.0 Å². The Morgan fingerprint density at radius 1 is 1.60 bits per heavy atom.